The number of anilines is 1. The van der Waals surface area contributed by atoms with Crippen LogP contribution in [0.5, 0.6) is 0 Å². The minimum absolute atomic E-state index is 0.0941. The Morgan fingerprint density at radius 3 is 2.87 bits per heavy atom. The maximum atomic E-state index is 10.8. The molecule has 0 saturated heterocycles. The summed E-state index contributed by atoms with van der Waals surface area (Å²) in [7, 11) is -3.42. The topological polar surface area (TPSA) is 118 Å². The van der Waals surface area contributed by atoms with Crippen LogP contribution >= 0.6 is 0 Å². The Morgan fingerprint density at radius 1 is 1.53 bits per heavy atom. The van der Waals surface area contributed by atoms with Crippen LogP contribution in [0.4, 0.5) is 5.82 Å². The number of aromatic nitrogens is 2. The zero-order valence-electron chi connectivity index (χ0n) is 7.93. The number of aromatic amines is 1. The highest BCUT2D eigenvalue weighted by Gasteiger charge is 2.01. The molecule has 4 N–H and O–H groups in total. The average molecular weight is 232 g/mol. The third-order valence-electron chi connectivity index (χ3n) is 1.59. The third-order valence-corrected chi connectivity index (χ3v) is 2.45. The Labute approximate surface area is 86.8 Å². The van der Waals surface area contributed by atoms with Gasteiger partial charge >= 0.3 is 0 Å². The lowest BCUT2D eigenvalue weighted by molar-refractivity contribution is 0.595. The van der Waals surface area contributed by atoms with E-state index in [2.05, 4.69) is 15.3 Å². The molecule has 0 atom stereocenters. The first-order valence-corrected chi connectivity index (χ1v) is 5.98. The van der Waals surface area contributed by atoms with Gasteiger partial charge in [-0.05, 0) is 6.42 Å². The molecular weight excluding hydrogens is 220 g/mol. The smallest absolute Gasteiger partial charge is 0.252 e. The molecule has 0 unspecified atom stereocenters. The second-order valence-corrected chi connectivity index (χ2v) is 4.68. The van der Waals surface area contributed by atoms with Gasteiger partial charge in [0.1, 0.15) is 5.82 Å². The molecule has 0 aliphatic carbocycles. The van der Waals surface area contributed by atoms with Gasteiger partial charge in [-0.2, -0.15) is 0 Å². The van der Waals surface area contributed by atoms with Crippen LogP contribution < -0.4 is 16.0 Å². The molecule has 0 bridgehead atoms. The van der Waals surface area contributed by atoms with E-state index in [4.69, 9.17) is 5.14 Å². The Balaban J connectivity index is 2.36. The van der Waals surface area contributed by atoms with Crippen LogP contribution in [0.1, 0.15) is 6.42 Å². The van der Waals surface area contributed by atoms with Gasteiger partial charge in [0, 0.05) is 12.6 Å². The minimum Gasteiger partial charge on any atom is -0.370 e. The molecule has 1 heterocycles. The molecule has 8 heteroatoms. The van der Waals surface area contributed by atoms with Crippen LogP contribution in [0.2, 0.25) is 0 Å². The first-order valence-electron chi connectivity index (χ1n) is 4.26. The maximum absolute atomic E-state index is 10.8. The number of hydrogen-bond donors (Lipinski definition) is 3. The van der Waals surface area contributed by atoms with E-state index in [1.165, 1.54) is 12.4 Å². The molecule has 0 saturated carbocycles. The predicted octanol–water partition coefficient (Wildman–Crippen LogP) is -1.14. The standard InChI is InChI=1S/C7H12N4O3S/c8-15(13,14)3-1-2-9-6-4-7(12)11-5-10-6/h4-5H,1-3H2,(H2,8,13,14)(H2,9,10,11,12). The number of rotatable bonds is 5. The van der Waals surface area contributed by atoms with Crippen molar-refractivity contribution in [3.8, 4) is 0 Å². The highest BCUT2D eigenvalue weighted by molar-refractivity contribution is 7.89. The lowest BCUT2D eigenvalue weighted by Crippen LogP contribution is -2.19. The van der Waals surface area contributed by atoms with Crippen molar-refractivity contribution in [3.05, 3.63) is 22.7 Å². The SMILES string of the molecule is NS(=O)(=O)CCCNc1cc(=O)[nH]cn1. The van der Waals surface area contributed by atoms with E-state index in [9.17, 15) is 13.2 Å². The van der Waals surface area contributed by atoms with Gasteiger partial charge in [-0.15, -0.1) is 0 Å². The van der Waals surface area contributed by atoms with Crippen molar-refractivity contribution < 1.29 is 8.42 Å². The maximum Gasteiger partial charge on any atom is 0.252 e. The summed E-state index contributed by atoms with van der Waals surface area (Å²) < 4.78 is 21.2. The van der Waals surface area contributed by atoms with Gasteiger partial charge in [-0.3, -0.25) is 4.79 Å². The van der Waals surface area contributed by atoms with Crippen molar-refractivity contribution in [2.75, 3.05) is 17.6 Å². The Bertz CT molecular complexity index is 467. The number of nitrogens with one attached hydrogen (secondary N) is 2. The average Bonchev–Trinajstić information content (AvgIpc) is 2.11. The summed E-state index contributed by atoms with van der Waals surface area (Å²) in [4.78, 5) is 17.0. The largest absolute Gasteiger partial charge is 0.370 e. The zero-order chi connectivity index (χ0) is 11.3. The van der Waals surface area contributed by atoms with E-state index >= 15 is 0 Å². The quantitative estimate of drug-likeness (QED) is 0.554. The second-order valence-electron chi connectivity index (χ2n) is 2.94. The molecule has 1 aromatic heterocycles. The third kappa shape index (κ3) is 5.13. The van der Waals surface area contributed by atoms with Gasteiger partial charge in [-0.1, -0.05) is 0 Å². The van der Waals surface area contributed by atoms with Crippen molar-refractivity contribution in [1.29, 1.82) is 0 Å². The summed E-state index contributed by atoms with van der Waals surface area (Å²) >= 11 is 0. The van der Waals surface area contributed by atoms with Crippen LogP contribution in [-0.4, -0.2) is 30.7 Å². The number of primary sulfonamides is 1. The van der Waals surface area contributed by atoms with Crippen LogP contribution in [-0.2, 0) is 10.0 Å². The summed E-state index contributed by atoms with van der Waals surface area (Å²) in [5.74, 6) is 0.316. The van der Waals surface area contributed by atoms with Gasteiger partial charge in [0.25, 0.3) is 5.56 Å². The molecule has 1 aromatic rings. The molecule has 0 spiro atoms. The fourth-order valence-corrected chi connectivity index (χ4v) is 1.50. The van der Waals surface area contributed by atoms with Gasteiger partial charge in [0.15, 0.2) is 0 Å². The molecule has 0 aliphatic heterocycles. The monoisotopic (exact) mass is 232 g/mol. The van der Waals surface area contributed by atoms with Crippen molar-refractivity contribution in [2.24, 2.45) is 5.14 Å². The van der Waals surface area contributed by atoms with E-state index in [-0.39, 0.29) is 11.3 Å². The van der Waals surface area contributed by atoms with Gasteiger partial charge in [0.2, 0.25) is 10.0 Å². The number of nitrogens with two attached hydrogens (primary N) is 1. The normalized spacial score (nSPS) is 11.3. The Morgan fingerprint density at radius 2 is 2.27 bits per heavy atom. The molecular formula is C7H12N4O3S. The van der Waals surface area contributed by atoms with Crippen molar-refractivity contribution in [3.63, 3.8) is 0 Å². The molecule has 84 valence electrons. The fraction of sp³-hybridized carbons (Fsp3) is 0.429. The van der Waals surface area contributed by atoms with E-state index < -0.39 is 10.0 Å². The summed E-state index contributed by atoms with van der Waals surface area (Å²) in [5, 5.41) is 7.62. The van der Waals surface area contributed by atoms with Crippen molar-refractivity contribution >= 4 is 15.8 Å². The first-order chi connectivity index (χ1) is 6.97. The van der Waals surface area contributed by atoms with Crippen LogP contribution in [0.3, 0.4) is 0 Å². The molecule has 1 rings (SSSR count). The minimum atomic E-state index is -3.42. The lowest BCUT2D eigenvalue weighted by Gasteiger charge is -2.03. The molecule has 0 radical (unpaired) electrons. The number of nitrogens with zero attached hydrogens (tertiary/aromatic N) is 1. The lowest BCUT2D eigenvalue weighted by atomic mass is 10.4. The highest BCUT2D eigenvalue weighted by atomic mass is 32.2. The van der Waals surface area contributed by atoms with E-state index in [0.29, 0.717) is 18.8 Å². The molecule has 0 aliphatic rings. The molecule has 0 amide bonds. The molecule has 0 fully saturated rings. The number of hydrogen-bond acceptors (Lipinski definition) is 5. The van der Waals surface area contributed by atoms with Crippen LogP contribution in [0, 0.1) is 0 Å². The summed E-state index contributed by atoms with van der Waals surface area (Å²) in [6.07, 6.45) is 1.64. The van der Waals surface area contributed by atoms with Crippen LogP contribution in [0.25, 0.3) is 0 Å². The number of sulfonamides is 1. The van der Waals surface area contributed by atoms with Gasteiger partial charge in [0.05, 0.1) is 12.1 Å². The summed E-state index contributed by atoms with van der Waals surface area (Å²) in [5.41, 5.74) is -0.265. The Hall–Kier alpha value is -1.41. The summed E-state index contributed by atoms with van der Waals surface area (Å²) in [6, 6.07) is 1.29. The highest BCUT2D eigenvalue weighted by Crippen LogP contribution is 1.95. The van der Waals surface area contributed by atoms with E-state index in [0.717, 1.165) is 0 Å². The molecule has 15 heavy (non-hydrogen) atoms. The zero-order valence-corrected chi connectivity index (χ0v) is 8.75. The molecule has 7 nitrogen and oxygen atoms in total. The van der Waals surface area contributed by atoms with Crippen molar-refractivity contribution in [1.82, 2.24) is 9.97 Å². The van der Waals surface area contributed by atoms with Crippen molar-refractivity contribution in [2.45, 2.75) is 6.42 Å². The first kappa shape index (κ1) is 11.7. The van der Waals surface area contributed by atoms with Crippen LogP contribution in [0.15, 0.2) is 17.2 Å². The fourth-order valence-electron chi connectivity index (χ4n) is 0.955. The molecule has 0 aromatic carbocycles. The number of H-pyrrole nitrogens is 1. The van der Waals surface area contributed by atoms with Gasteiger partial charge < -0.3 is 10.3 Å². The Kier molecular flexibility index (Phi) is 3.81. The second kappa shape index (κ2) is 4.89. The predicted molar refractivity (Wildman–Crippen MR) is 55.9 cm³/mol. The van der Waals surface area contributed by atoms with E-state index in [1.54, 1.807) is 0 Å². The van der Waals surface area contributed by atoms with E-state index in [1.807, 2.05) is 0 Å². The van der Waals surface area contributed by atoms with Gasteiger partial charge in [-0.25, -0.2) is 18.5 Å². The summed E-state index contributed by atoms with van der Waals surface area (Å²) in [6.45, 7) is 0.396.